The third-order valence-electron chi connectivity index (χ3n) is 2.12. The van der Waals surface area contributed by atoms with Crippen LogP contribution in [0, 0.1) is 12.7 Å². The number of anilines is 1. The molecule has 0 fully saturated rings. The van der Waals surface area contributed by atoms with Crippen LogP contribution in [0.4, 0.5) is 10.2 Å². The summed E-state index contributed by atoms with van der Waals surface area (Å²) in [6.07, 6.45) is 0. The summed E-state index contributed by atoms with van der Waals surface area (Å²) in [5.41, 5.74) is 1.77. The van der Waals surface area contributed by atoms with Gasteiger partial charge in [0, 0.05) is 5.38 Å². The fraction of sp³-hybridized carbons (Fsp3) is 0.100. The average molecular weight is 272 g/mol. The minimum Gasteiger partial charge on any atom is -0.263 e. The molecular weight excluding hydrogens is 263 g/mol. The third kappa shape index (κ3) is 2.45. The zero-order valence-electron chi connectivity index (χ0n) is 8.84. The van der Waals surface area contributed by atoms with Crippen LogP contribution < -0.4 is 4.72 Å². The van der Waals surface area contributed by atoms with Crippen LogP contribution in [0.2, 0.25) is 0 Å². The third-order valence-corrected chi connectivity index (χ3v) is 4.08. The number of aromatic nitrogens is 1. The van der Waals surface area contributed by atoms with Crippen molar-refractivity contribution < 1.29 is 12.8 Å². The van der Waals surface area contributed by atoms with E-state index in [-0.39, 0.29) is 16.3 Å². The van der Waals surface area contributed by atoms with Gasteiger partial charge in [0.15, 0.2) is 5.82 Å². The molecule has 2 aromatic rings. The minimum absolute atomic E-state index is 0.191. The van der Waals surface area contributed by atoms with Gasteiger partial charge in [0.25, 0.3) is 10.0 Å². The SMILES string of the molecule is Cc1cccc(S(=O)(=O)Nc2cscn2)c1F. The molecule has 0 unspecified atom stereocenters. The Morgan fingerprint density at radius 1 is 1.41 bits per heavy atom. The molecule has 2 rings (SSSR count). The average Bonchev–Trinajstić information content (AvgIpc) is 2.73. The van der Waals surface area contributed by atoms with E-state index in [0.717, 1.165) is 0 Å². The van der Waals surface area contributed by atoms with Crippen molar-refractivity contribution in [3.63, 3.8) is 0 Å². The molecule has 0 saturated heterocycles. The number of halogens is 1. The van der Waals surface area contributed by atoms with Gasteiger partial charge in [-0.05, 0) is 18.6 Å². The first-order valence-electron chi connectivity index (χ1n) is 4.67. The number of rotatable bonds is 3. The van der Waals surface area contributed by atoms with Crippen LogP contribution in [0.3, 0.4) is 0 Å². The molecular formula is C10H9FN2O2S2. The topological polar surface area (TPSA) is 59.1 Å². The summed E-state index contributed by atoms with van der Waals surface area (Å²) in [6.45, 7) is 1.51. The van der Waals surface area contributed by atoms with Crippen LogP contribution >= 0.6 is 11.3 Å². The molecule has 1 aromatic heterocycles. The quantitative estimate of drug-likeness (QED) is 0.933. The van der Waals surface area contributed by atoms with E-state index in [1.54, 1.807) is 0 Å². The smallest absolute Gasteiger partial charge is 0.263 e. The highest BCUT2D eigenvalue weighted by Gasteiger charge is 2.20. The van der Waals surface area contributed by atoms with E-state index in [4.69, 9.17) is 0 Å². The summed E-state index contributed by atoms with van der Waals surface area (Å²) in [5.74, 6) is -0.550. The van der Waals surface area contributed by atoms with Gasteiger partial charge >= 0.3 is 0 Å². The molecule has 1 heterocycles. The second kappa shape index (κ2) is 4.42. The number of aryl methyl sites for hydroxylation is 1. The molecule has 0 atom stereocenters. The molecule has 0 bridgehead atoms. The Balaban J connectivity index is 2.42. The van der Waals surface area contributed by atoms with E-state index in [1.807, 2.05) is 0 Å². The van der Waals surface area contributed by atoms with E-state index < -0.39 is 15.8 Å². The summed E-state index contributed by atoms with van der Waals surface area (Å²) < 4.78 is 39.7. The molecule has 1 aromatic carbocycles. The van der Waals surface area contributed by atoms with Crippen molar-refractivity contribution in [2.75, 3.05) is 4.72 Å². The molecule has 0 spiro atoms. The normalized spacial score (nSPS) is 11.4. The molecule has 4 nitrogen and oxygen atoms in total. The molecule has 0 aliphatic heterocycles. The Labute approximate surface area is 102 Å². The predicted molar refractivity (Wildman–Crippen MR) is 64.1 cm³/mol. The minimum atomic E-state index is -3.92. The van der Waals surface area contributed by atoms with Crippen LogP contribution in [-0.2, 0) is 10.0 Å². The number of thiazole rings is 1. The molecule has 0 aliphatic rings. The zero-order valence-corrected chi connectivity index (χ0v) is 10.5. The number of sulfonamides is 1. The van der Waals surface area contributed by atoms with Crippen molar-refractivity contribution in [2.24, 2.45) is 0 Å². The lowest BCUT2D eigenvalue weighted by molar-refractivity contribution is 0.565. The zero-order chi connectivity index (χ0) is 12.5. The van der Waals surface area contributed by atoms with Crippen molar-refractivity contribution in [1.29, 1.82) is 0 Å². The van der Waals surface area contributed by atoms with Crippen molar-refractivity contribution in [3.8, 4) is 0 Å². The largest absolute Gasteiger partial charge is 0.266 e. The highest BCUT2D eigenvalue weighted by molar-refractivity contribution is 7.92. The lowest BCUT2D eigenvalue weighted by Gasteiger charge is -2.07. The molecule has 7 heteroatoms. The number of hydrogen-bond acceptors (Lipinski definition) is 4. The number of hydrogen-bond donors (Lipinski definition) is 1. The van der Waals surface area contributed by atoms with Gasteiger partial charge in [-0.1, -0.05) is 12.1 Å². The molecule has 90 valence electrons. The van der Waals surface area contributed by atoms with Crippen molar-refractivity contribution in [3.05, 3.63) is 40.5 Å². The van der Waals surface area contributed by atoms with Crippen molar-refractivity contribution in [1.82, 2.24) is 4.98 Å². The molecule has 0 amide bonds. The van der Waals surface area contributed by atoms with E-state index in [9.17, 15) is 12.8 Å². The first kappa shape index (κ1) is 12.0. The van der Waals surface area contributed by atoms with Gasteiger partial charge in [-0.3, -0.25) is 4.72 Å². The van der Waals surface area contributed by atoms with Crippen LogP contribution in [0.25, 0.3) is 0 Å². The Morgan fingerprint density at radius 2 is 2.18 bits per heavy atom. The van der Waals surface area contributed by atoms with Crippen LogP contribution in [-0.4, -0.2) is 13.4 Å². The summed E-state index contributed by atoms with van der Waals surface area (Å²) in [7, 11) is -3.92. The Hall–Kier alpha value is -1.47. The lowest BCUT2D eigenvalue weighted by Crippen LogP contribution is -2.15. The van der Waals surface area contributed by atoms with Gasteiger partial charge in [-0.25, -0.2) is 17.8 Å². The maximum Gasteiger partial charge on any atom is 0.266 e. The van der Waals surface area contributed by atoms with Gasteiger partial charge in [0.1, 0.15) is 10.7 Å². The monoisotopic (exact) mass is 272 g/mol. The number of nitrogens with zero attached hydrogens (tertiary/aromatic N) is 1. The van der Waals surface area contributed by atoms with Gasteiger partial charge in [0.2, 0.25) is 0 Å². The van der Waals surface area contributed by atoms with Crippen LogP contribution in [0.5, 0.6) is 0 Å². The lowest BCUT2D eigenvalue weighted by atomic mass is 10.2. The molecule has 0 radical (unpaired) electrons. The summed E-state index contributed by atoms with van der Waals surface area (Å²) in [6, 6.07) is 4.22. The molecule has 17 heavy (non-hydrogen) atoms. The van der Waals surface area contributed by atoms with Crippen molar-refractivity contribution >= 4 is 27.2 Å². The fourth-order valence-corrected chi connectivity index (χ4v) is 2.99. The van der Waals surface area contributed by atoms with E-state index in [0.29, 0.717) is 0 Å². The maximum atomic E-state index is 13.7. The van der Waals surface area contributed by atoms with E-state index >= 15 is 0 Å². The Morgan fingerprint density at radius 3 is 2.82 bits per heavy atom. The van der Waals surface area contributed by atoms with Crippen molar-refractivity contribution in [2.45, 2.75) is 11.8 Å². The first-order chi connectivity index (χ1) is 8.00. The van der Waals surface area contributed by atoms with Gasteiger partial charge in [-0.2, -0.15) is 0 Å². The van der Waals surface area contributed by atoms with Gasteiger partial charge in [0.05, 0.1) is 5.51 Å². The fourth-order valence-electron chi connectivity index (χ4n) is 1.28. The predicted octanol–water partition coefficient (Wildman–Crippen LogP) is 2.39. The number of benzene rings is 1. The summed E-state index contributed by atoms with van der Waals surface area (Å²) >= 11 is 1.25. The summed E-state index contributed by atoms with van der Waals surface area (Å²) in [4.78, 5) is 3.41. The number of nitrogens with one attached hydrogen (secondary N) is 1. The van der Waals surface area contributed by atoms with Crippen LogP contribution in [0.1, 0.15) is 5.56 Å². The highest BCUT2D eigenvalue weighted by Crippen LogP contribution is 2.20. The van der Waals surface area contributed by atoms with Gasteiger partial charge < -0.3 is 0 Å². The van der Waals surface area contributed by atoms with Crippen LogP contribution in [0.15, 0.2) is 34.0 Å². The maximum absolute atomic E-state index is 13.7. The molecule has 0 aliphatic carbocycles. The molecule has 0 saturated carbocycles. The Kier molecular flexibility index (Phi) is 3.12. The van der Waals surface area contributed by atoms with E-state index in [2.05, 4.69) is 9.71 Å². The standard InChI is InChI=1S/C10H9FN2O2S2/c1-7-3-2-4-8(10(7)11)17(14,15)13-9-5-16-6-12-9/h2-6,13H,1H3. The first-order valence-corrected chi connectivity index (χ1v) is 7.09. The Bertz CT molecular complexity index is 624. The van der Waals surface area contributed by atoms with Gasteiger partial charge in [-0.15, -0.1) is 11.3 Å². The molecule has 1 N–H and O–H groups in total. The summed E-state index contributed by atoms with van der Waals surface area (Å²) in [5, 5.41) is 1.53. The highest BCUT2D eigenvalue weighted by atomic mass is 32.2. The second-order valence-electron chi connectivity index (χ2n) is 3.37. The van der Waals surface area contributed by atoms with E-state index in [1.165, 1.54) is 47.4 Å². The second-order valence-corrected chi connectivity index (χ2v) is 5.74.